The number of carbonyl (C=O) groups excluding carboxylic acids is 3. The van der Waals surface area contributed by atoms with Gasteiger partial charge in [0.2, 0.25) is 17.7 Å². The summed E-state index contributed by atoms with van der Waals surface area (Å²) in [6, 6.07) is 6.35. The second-order valence-electron chi connectivity index (χ2n) is 9.28. The molecular weight excluding hydrogens is 462 g/mol. The van der Waals surface area contributed by atoms with E-state index in [1.54, 1.807) is 40.9 Å². The average molecular weight is 494 g/mol. The van der Waals surface area contributed by atoms with E-state index in [4.69, 9.17) is 11.6 Å². The van der Waals surface area contributed by atoms with E-state index in [9.17, 15) is 19.5 Å². The molecule has 3 fully saturated rings. The van der Waals surface area contributed by atoms with E-state index in [2.05, 4.69) is 17.6 Å². The van der Waals surface area contributed by atoms with E-state index in [1.807, 2.05) is 6.92 Å². The molecule has 1 spiro atoms. The molecule has 4 rings (SSSR count). The molecule has 9 heteroatoms. The van der Waals surface area contributed by atoms with Crippen LogP contribution in [0, 0.1) is 17.8 Å². The summed E-state index contributed by atoms with van der Waals surface area (Å²) in [6.07, 6.45) is 2.77. The fraction of sp³-hybridized carbons (Fsp3) is 0.625. The number of carbonyl (C=O) groups is 3. The molecule has 3 heterocycles. The van der Waals surface area contributed by atoms with Crippen molar-refractivity contribution in [3.05, 3.63) is 29.3 Å². The summed E-state index contributed by atoms with van der Waals surface area (Å²) in [6.45, 7) is 5.08. The number of halogens is 1. The number of rotatable bonds is 9. The highest BCUT2D eigenvalue weighted by molar-refractivity contribution is 8.02. The lowest BCUT2D eigenvalue weighted by Crippen LogP contribution is -2.55. The predicted octanol–water partition coefficient (Wildman–Crippen LogP) is 2.91. The van der Waals surface area contributed by atoms with Crippen LogP contribution >= 0.6 is 23.4 Å². The van der Waals surface area contributed by atoms with E-state index in [1.165, 1.54) is 0 Å². The predicted molar refractivity (Wildman–Crippen MR) is 130 cm³/mol. The van der Waals surface area contributed by atoms with E-state index in [0.29, 0.717) is 36.6 Å². The Morgan fingerprint density at radius 1 is 1.27 bits per heavy atom. The first-order valence-electron chi connectivity index (χ1n) is 11.8. The minimum absolute atomic E-state index is 0.0287. The van der Waals surface area contributed by atoms with E-state index in [0.717, 1.165) is 12.8 Å². The summed E-state index contributed by atoms with van der Waals surface area (Å²) in [5.74, 6) is -1.30. The molecule has 1 aromatic carbocycles. The van der Waals surface area contributed by atoms with Crippen LogP contribution in [0.5, 0.6) is 0 Å². The molecule has 3 amide bonds. The van der Waals surface area contributed by atoms with Crippen LogP contribution in [0.4, 0.5) is 5.69 Å². The normalized spacial score (nSPS) is 32.2. The fourth-order valence-corrected chi connectivity index (χ4v) is 8.49. The maximum absolute atomic E-state index is 13.8. The van der Waals surface area contributed by atoms with Gasteiger partial charge in [-0.2, -0.15) is 0 Å². The molecule has 3 aliphatic rings. The molecule has 3 saturated heterocycles. The number of hydrogen-bond donors (Lipinski definition) is 3. The molecule has 3 aliphatic heterocycles. The zero-order valence-electron chi connectivity index (χ0n) is 19.1. The van der Waals surface area contributed by atoms with Crippen LogP contribution < -0.4 is 10.6 Å². The molecule has 6 atom stereocenters. The second kappa shape index (κ2) is 9.84. The number of likely N-dealkylation sites (tertiary alicyclic amines) is 1. The maximum Gasteiger partial charge on any atom is 0.248 e. The van der Waals surface area contributed by atoms with Crippen molar-refractivity contribution < 1.29 is 19.5 Å². The van der Waals surface area contributed by atoms with Gasteiger partial charge < -0.3 is 20.6 Å². The molecule has 2 bridgehead atoms. The number of unbranched alkanes of at least 4 members (excludes halogenated alkanes) is 1. The summed E-state index contributed by atoms with van der Waals surface area (Å²) in [5.41, 5.74) is 0.509. The van der Waals surface area contributed by atoms with Gasteiger partial charge in [-0.15, -0.1) is 11.8 Å². The molecular formula is C24H32ClN3O4S. The number of nitrogens with zero attached hydrogens (tertiary/aromatic N) is 1. The molecule has 3 unspecified atom stereocenters. The first-order chi connectivity index (χ1) is 15.9. The van der Waals surface area contributed by atoms with Crippen molar-refractivity contribution in [2.24, 2.45) is 17.8 Å². The van der Waals surface area contributed by atoms with Gasteiger partial charge in [0.25, 0.3) is 0 Å². The fourth-order valence-electron chi connectivity index (χ4n) is 5.88. The Balaban J connectivity index is 1.70. The second-order valence-corrected chi connectivity index (χ2v) is 11.2. The monoisotopic (exact) mass is 493 g/mol. The van der Waals surface area contributed by atoms with Crippen molar-refractivity contribution in [2.75, 3.05) is 25.0 Å². The lowest BCUT2D eigenvalue weighted by molar-refractivity contribution is -0.139. The number of aliphatic hydroxyl groups is 1. The topological polar surface area (TPSA) is 98.7 Å². The highest BCUT2D eigenvalue weighted by Gasteiger charge is 2.75. The Hall–Kier alpha value is -1.77. The van der Waals surface area contributed by atoms with Gasteiger partial charge in [0.05, 0.1) is 27.3 Å². The number of amides is 3. The molecule has 0 aromatic heterocycles. The van der Waals surface area contributed by atoms with Crippen molar-refractivity contribution in [3.8, 4) is 0 Å². The van der Waals surface area contributed by atoms with Gasteiger partial charge in [-0.1, -0.05) is 37.6 Å². The Morgan fingerprint density at radius 2 is 2.03 bits per heavy atom. The van der Waals surface area contributed by atoms with Crippen molar-refractivity contribution in [3.63, 3.8) is 0 Å². The van der Waals surface area contributed by atoms with Gasteiger partial charge in [0.15, 0.2) is 0 Å². The van der Waals surface area contributed by atoms with Crippen LogP contribution in [0.3, 0.4) is 0 Å². The van der Waals surface area contributed by atoms with Gasteiger partial charge in [-0.05, 0) is 43.7 Å². The van der Waals surface area contributed by atoms with Crippen LogP contribution in [0.25, 0.3) is 0 Å². The van der Waals surface area contributed by atoms with Gasteiger partial charge >= 0.3 is 0 Å². The lowest BCUT2D eigenvalue weighted by Gasteiger charge is -2.38. The summed E-state index contributed by atoms with van der Waals surface area (Å²) < 4.78 is -0.652. The Morgan fingerprint density at radius 3 is 2.73 bits per heavy atom. The minimum atomic E-state index is -0.695. The van der Waals surface area contributed by atoms with E-state index < -0.39 is 22.6 Å². The van der Waals surface area contributed by atoms with Gasteiger partial charge in [0.1, 0.15) is 6.04 Å². The molecule has 33 heavy (non-hydrogen) atoms. The van der Waals surface area contributed by atoms with Crippen LogP contribution in [-0.2, 0) is 14.4 Å². The van der Waals surface area contributed by atoms with Gasteiger partial charge in [-0.3, -0.25) is 14.4 Å². The maximum atomic E-state index is 13.8. The molecule has 7 nitrogen and oxygen atoms in total. The first-order valence-corrected chi connectivity index (χ1v) is 13.0. The molecule has 0 saturated carbocycles. The number of para-hydroxylation sites is 1. The largest absolute Gasteiger partial charge is 0.396 e. The van der Waals surface area contributed by atoms with Crippen LogP contribution in [0.15, 0.2) is 24.3 Å². The lowest BCUT2D eigenvalue weighted by atomic mass is 9.66. The van der Waals surface area contributed by atoms with Crippen LogP contribution in [0.2, 0.25) is 5.02 Å². The molecule has 3 N–H and O–H groups in total. The number of anilines is 1. The standard InChI is InChI=1S/C24H32ClN3O4S/c1-3-10-26-21(30)18-17-13-14(2)24(33-17)19(18)23(32)28(11-6-7-12-29)20(24)22(31)27-16-9-5-4-8-15(16)25/h4-5,8-9,14,17-20,29H,3,6-7,10-13H2,1-2H3,(H,26,30)(H,27,31)/t14?,17-,18+,19-,20?,24?/m0/s1. The highest BCUT2D eigenvalue weighted by atomic mass is 35.5. The highest BCUT2D eigenvalue weighted by Crippen LogP contribution is 2.68. The van der Waals surface area contributed by atoms with Crippen molar-refractivity contribution in [1.82, 2.24) is 10.2 Å². The van der Waals surface area contributed by atoms with E-state index >= 15 is 0 Å². The average Bonchev–Trinajstić information content (AvgIpc) is 3.38. The van der Waals surface area contributed by atoms with Crippen molar-refractivity contribution >= 4 is 46.8 Å². The molecule has 0 radical (unpaired) electrons. The zero-order valence-corrected chi connectivity index (χ0v) is 20.6. The summed E-state index contributed by atoms with van der Waals surface area (Å²) in [5, 5.41) is 15.7. The zero-order chi connectivity index (χ0) is 23.8. The quantitative estimate of drug-likeness (QED) is 0.459. The van der Waals surface area contributed by atoms with Crippen LogP contribution in [-0.4, -0.2) is 63.5 Å². The smallest absolute Gasteiger partial charge is 0.248 e. The van der Waals surface area contributed by atoms with Gasteiger partial charge in [0, 0.05) is 24.9 Å². The Bertz CT molecular complexity index is 931. The first kappa shape index (κ1) is 24.4. The van der Waals surface area contributed by atoms with Crippen molar-refractivity contribution in [2.45, 2.75) is 55.6 Å². The summed E-state index contributed by atoms with van der Waals surface area (Å²) in [4.78, 5) is 42.3. The molecule has 0 aliphatic carbocycles. The third kappa shape index (κ3) is 4.04. The third-order valence-corrected chi connectivity index (χ3v) is 9.69. The Kier molecular flexibility index (Phi) is 7.26. The Labute approximate surface area is 204 Å². The van der Waals surface area contributed by atoms with E-state index in [-0.39, 0.29) is 35.5 Å². The number of benzene rings is 1. The van der Waals surface area contributed by atoms with Crippen molar-refractivity contribution in [1.29, 1.82) is 0 Å². The minimum Gasteiger partial charge on any atom is -0.396 e. The number of aliphatic hydroxyl groups excluding tert-OH is 1. The summed E-state index contributed by atoms with van der Waals surface area (Å²) in [7, 11) is 0. The van der Waals surface area contributed by atoms with Crippen LogP contribution in [0.1, 0.15) is 39.5 Å². The number of hydrogen-bond acceptors (Lipinski definition) is 5. The number of nitrogens with one attached hydrogen (secondary N) is 2. The summed E-state index contributed by atoms with van der Waals surface area (Å²) >= 11 is 7.95. The number of fused-ring (bicyclic) bond motifs is 1. The molecule has 1 aromatic rings. The third-order valence-electron chi connectivity index (χ3n) is 7.28. The number of thioether (sulfide) groups is 1. The SMILES string of the molecule is CCCNC(=O)[C@@H]1[C@@H]2CC(C)C3(S2)C(C(=O)Nc2ccccc2Cl)N(CCCCO)C(=O)[C@H]13. The molecule has 180 valence electrons. The van der Waals surface area contributed by atoms with Gasteiger partial charge in [-0.25, -0.2) is 0 Å².